The third-order valence-corrected chi connectivity index (χ3v) is 4.80. The molecule has 24 heavy (non-hydrogen) atoms. The third kappa shape index (κ3) is 4.11. The Morgan fingerprint density at radius 2 is 1.79 bits per heavy atom. The van der Waals surface area contributed by atoms with E-state index >= 15 is 0 Å². The van der Waals surface area contributed by atoms with Gasteiger partial charge in [0.2, 0.25) is 11.8 Å². The van der Waals surface area contributed by atoms with Crippen LogP contribution in [0.4, 0.5) is 11.4 Å². The van der Waals surface area contributed by atoms with Crippen molar-refractivity contribution in [2.24, 2.45) is 5.92 Å². The number of amides is 2. The third-order valence-electron chi connectivity index (χ3n) is 3.92. The van der Waals surface area contributed by atoms with Crippen LogP contribution in [0.1, 0.15) is 25.0 Å². The summed E-state index contributed by atoms with van der Waals surface area (Å²) in [5.41, 5.74) is 2.26. The summed E-state index contributed by atoms with van der Waals surface area (Å²) in [7, 11) is 0. The predicted molar refractivity (Wildman–Crippen MR) is 94.4 cm³/mol. The van der Waals surface area contributed by atoms with Crippen molar-refractivity contribution < 1.29 is 9.59 Å². The van der Waals surface area contributed by atoms with Crippen LogP contribution in [0, 0.1) is 12.8 Å². The van der Waals surface area contributed by atoms with E-state index in [9.17, 15) is 14.4 Å². The number of aryl methyl sites for hydroxylation is 1. The van der Waals surface area contributed by atoms with E-state index < -0.39 is 0 Å². The first-order valence-electron chi connectivity index (χ1n) is 7.88. The van der Waals surface area contributed by atoms with Gasteiger partial charge in [0.25, 0.3) is 0 Å². The van der Waals surface area contributed by atoms with Gasteiger partial charge in [0, 0.05) is 41.3 Å². The zero-order valence-corrected chi connectivity index (χ0v) is 14.2. The summed E-state index contributed by atoms with van der Waals surface area (Å²) in [4.78, 5) is 35.2. The molecule has 2 aromatic rings. The number of carbonyl (C=O) groups excluding carboxylic acids is 2. The summed E-state index contributed by atoms with van der Waals surface area (Å²) < 4.78 is 1.60. The summed E-state index contributed by atoms with van der Waals surface area (Å²) in [6, 6.07) is 7.04. The van der Waals surface area contributed by atoms with Crippen molar-refractivity contribution >= 4 is 34.5 Å². The van der Waals surface area contributed by atoms with E-state index in [4.69, 9.17) is 0 Å². The zero-order chi connectivity index (χ0) is 17.1. The van der Waals surface area contributed by atoms with E-state index in [-0.39, 0.29) is 29.0 Å². The topological polar surface area (TPSA) is 80.2 Å². The number of rotatable bonds is 6. The highest BCUT2D eigenvalue weighted by Crippen LogP contribution is 2.30. The first-order valence-corrected chi connectivity index (χ1v) is 8.76. The maximum Gasteiger partial charge on any atom is 0.307 e. The second-order valence-corrected chi connectivity index (χ2v) is 6.75. The first-order chi connectivity index (χ1) is 11.5. The highest BCUT2D eigenvalue weighted by molar-refractivity contribution is 7.07. The Hall–Kier alpha value is -2.41. The van der Waals surface area contributed by atoms with Crippen molar-refractivity contribution in [1.82, 2.24) is 4.57 Å². The molecule has 0 saturated heterocycles. The SMILES string of the molecule is Cc1csc(=O)n1CCC(=O)Nc1ccc(NC(=O)C2CC2)cc1. The van der Waals surface area contributed by atoms with Crippen LogP contribution in [0.3, 0.4) is 0 Å². The molecule has 1 aromatic carbocycles. The summed E-state index contributed by atoms with van der Waals surface area (Å²) in [6.45, 7) is 2.22. The number of hydrogen-bond acceptors (Lipinski definition) is 4. The minimum Gasteiger partial charge on any atom is -0.326 e. The number of benzene rings is 1. The van der Waals surface area contributed by atoms with Gasteiger partial charge in [-0.2, -0.15) is 0 Å². The van der Waals surface area contributed by atoms with Crippen LogP contribution in [-0.4, -0.2) is 16.4 Å². The molecule has 1 saturated carbocycles. The number of anilines is 2. The van der Waals surface area contributed by atoms with E-state index in [2.05, 4.69) is 10.6 Å². The lowest BCUT2D eigenvalue weighted by Crippen LogP contribution is -2.20. The van der Waals surface area contributed by atoms with Crippen molar-refractivity contribution in [2.75, 3.05) is 10.6 Å². The normalized spacial score (nSPS) is 13.5. The molecule has 0 radical (unpaired) electrons. The van der Waals surface area contributed by atoms with Crippen molar-refractivity contribution in [3.63, 3.8) is 0 Å². The van der Waals surface area contributed by atoms with Gasteiger partial charge in [-0.25, -0.2) is 0 Å². The van der Waals surface area contributed by atoms with Gasteiger partial charge in [-0.15, -0.1) is 0 Å². The second kappa shape index (κ2) is 7.00. The maximum atomic E-state index is 12.0. The molecule has 1 aliphatic carbocycles. The van der Waals surface area contributed by atoms with E-state index in [0.717, 1.165) is 35.6 Å². The van der Waals surface area contributed by atoms with Gasteiger partial charge in [-0.05, 0) is 44.0 Å². The van der Waals surface area contributed by atoms with E-state index in [1.807, 2.05) is 6.92 Å². The fraction of sp³-hybridized carbons (Fsp3) is 0.353. The molecule has 0 aliphatic heterocycles. The summed E-state index contributed by atoms with van der Waals surface area (Å²) >= 11 is 1.14. The Morgan fingerprint density at radius 1 is 1.17 bits per heavy atom. The molecule has 1 aliphatic rings. The van der Waals surface area contributed by atoms with E-state index in [0.29, 0.717) is 12.2 Å². The smallest absolute Gasteiger partial charge is 0.307 e. The predicted octanol–water partition coefficient (Wildman–Crippen LogP) is 2.60. The van der Waals surface area contributed by atoms with Crippen molar-refractivity contribution in [3.8, 4) is 0 Å². The number of thiazole rings is 1. The average molecular weight is 345 g/mol. The minimum absolute atomic E-state index is 0.0453. The molecule has 0 atom stereocenters. The lowest BCUT2D eigenvalue weighted by atomic mass is 10.2. The van der Waals surface area contributed by atoms with Crippen LogP contribution >= 0.6 is 11.3 Å². The highest BCUT2D eigenvalue weighted by atomic mass is 32.1. The lowest BCUT2D eigenvalue weighted by Gasteiger charge is -2.08. The van der Waals surface area contributed by atoms with Gasteiger partial charge in [0.05, 0.1) is 0 Å². The Labute approximate surface area is 143 Å². The molecule has 0 bridgehead atoms. The summed E-state index contributed by atoms with van der Waals surface area (Å²) in [6.07, 6.45) is 2.16. The number of nitrogens with zero attached hydrogens (tertiary/aromatic N) is 1. The quantitative estimate of drug-likeness (QED) is 0.844. The van der Waals surface area contributed by atoms with Crippen molar-refractivity contribution in [3.05, 3.63) is 45.0 Å². The van der Waals surface area contributed by atoms with Gasteiger partial charge in [0.15, 0.2) is 0 Å². The van der Waals surface area contributed by atoms with E-state index in [1.54, 1.807) is 34.2 Å². The largest absolute Gasteiger partial charge is 0.326 e. The van der Waals surface area contributed by atoms with Crippen molar-refractivity contribution in [1.29, 1.82) is 0 Å². The standard InChI is InChI=1S/C17H19N3O3S/c1-11-10-24-17(23)20(11)9-8-15(21)18-13-4-6-14(7-5-13)19-16(22)12-2-3-12/h4-7,10,12H,2-3,8-9H2,1H3,(H,18,21)(H,19,22). The fourth-order valence-corrected chi connectivity index (χ4v) is 3.10. The molecule has 2 amide bonds. The number of nitrogens with one attached hydrogen (secondary N) is 2. The van der Waals surface area contributed by atoms with Gasteiger partial charge < -0.3 is 15.2 Å². The number of aromatic nitrogens is 1. The van der Waals surface area contributed by atoms with Crippen LogP contribution in [0.2, 0.25) is 0 Å². The Balaban J connectivity index is 1.50. The molecule has 3 rings (SSSR count). The van der Waals surface area contributed by atoms with Crippen molar-refractivity contribution in [2.45, 2.75) is 32.7 Å². The number of carbonyl (C=O) groups is 2. The lowest BCUT2D eigenvalue weighted by molar-refractivity contribution is -0.117. The molecular formula is C17H19N3O3S. The molecule has 1 fully saturated rings. The Bertz CT molecular complexity index is 803. The first kappa shape index (κ1) is 16.4. The van der Waals surface area contributed by atoms with Crippen LogP contribution in [-0.2, 0) is 16.1 Å². The van der Waals surface area contributed by atoms with E-state index in [1.165, 1.54) is 0 Å². The molecule has 7 heteroatoms. The molecule has 1 aromatic heterocycles. The molecule has 0 unspecified atom stereocenters. The molecule has 6 nitrogen and oxygen atoms in total. The Morgan fingerprint density at radius 3 is 2.33 bits per heavy atom. The van der Waals surface area contributed by atoms with Crippen LogP contribution in [0.25, 0.3) is 0 Å². The van der Waals surface area contributed by atoms with Gasteiger partial charge >= 0.3 is 4.87 Å². The zero-order valence-electron chi connectivity index (χ0n) is 13.4. The van der Waals surface area contributed by atoms with Gasteiger partial charge in [-0.3, -0.25) is 14.4 Å². The van der Waals surface area contributed by atoms with Crippen LogP contribution in [0.5, 0.6) is 0 Å². The second-order valence-electron chi connectivity index (χ2n) is 5.93. The van der Waals surface area contributed by atoms with Gasteiger partial charge in [0.1, 0.15) is 0 Å². The summed E-state index contributed by atoms with van der Waals surface area (Å²) in [5, 5.41) is 7.43. The molecular weight excluding hydrogens is 326 g/mol. The van der Waals surface area contributed by atoms with Crippen LogP contribution in [0.15, 0.2) is 34.4 Å². The maximum absolute atomic E-state index is 12.0. The fourth-order valence-electron chi connectivity index (χ4n) is 2.34. The number of hydrogen-bond donors (Lipinski definition) is 2. The van der Waals surface area contributed by atoms with Crippen LogP contribution < -0.4 is 15.5 Å². The van der Waals surface area contributed by atoms with Gasteiger partial charge in [-0.1, -0.05) is 11.3 Å². The highest BCUT2D eigenvalue weighted by Gasteiger charge is 2.29. The Kier molecular flexibility index (Phi) is 4.80. The minimum atomic E-state index is -0.151. The molecule has 126 valence electrons. The molecule has 0 spiro atoms. The molecule has 1 heterocycles. The summed E-state index contributed by atoms with van der Waals surface area (Å²) in [5.74, 6) is 0.0685. The molecule has 2 N–H and O–H groups in total. The average Bonchev–Trinajstić information content (AvgIpc) is 3.35. The monoisotopic (exact) mass is 345 g/mol.